The highest BCUT2D eigenvalue weighted by Gasteiger charge is 2.41. The summed E-state index contributed by atoms with van der Waals surface area (Å²) in [4.78, 5) is 21.5. The molecule has 4 nitrogen and oxygen atoms in total. The number of piperidine rings is 1. The van der Waals surface area contributed by atoms with Crippen molar-refractivity contribution in [2.75, 3.05) is 4.90 Å². The third-order valence-corrected chi connectivity index (χ3v) is 5.16. The molecule has 1 aromatic heterocycles. The van der Waals surface area contributed by atoms with Crippen molar-refractivity contribution in [3.05, 3.63) is 21.2 Å². The number of nitrogens with one attached hydrogen (secondary N) is 1. The summed E-state index contributed by atoms with van der Waals surface area (Å²) >= 11 is 7.07. The summed E-state index contributed by atoms with van der Waals surface area (Å²) < 4.78 is 0.560. The molecule has 0 saturated carbocycles. The number of hydrogen-bond acceptors (Lipinski definition) is 3. The third kappa shape index (κ3) is 1.95. The molecule has 1 aromatic rings. The van der Waals surface area contributed by atoms with E-state index in [2.05, 4.69) is 46.7 Å². The first-order chi connectivity index (χ1) is 8.16. The second-order valence-corrected chi connectivity index (χ2v) is 6.82. The smallest absolute Gasteiger partial charge is 0.267 e. The van der Waals surface area contributed by atoms with Crippen molar-refractivity contribution in [3.8, 4) is 0 Å². The van der Waals surface area contributed by atoms with Gasteiger partial charge in [0.15, 0.2) is 5.82 Å². The van der Waals surface area contributed by atoms with Crippen LogP contribution in [-0.4, -0.2) is 26.9 Å². The molecule has 2 atom stereocenters. The molecule has 0 aliphatic carbocycles. The summed E-state index contributed by atoms with van der Waals surface area (Å²) in [7, 11) is 0. The highest BCUT2D eigenvalue weighted by molar-refractivity contribution is 9.10. The fourth-order valence-electron chi connectivity index (χ4n) is 3.01. The van der Waals surface area contributed by atoms with Gasteiger partial charge in [0, 0.05) is 16.9 Å². The van der Waals surface area contributed by atoms with Gasteiger partial charge in [-0.15, -0.1) is 0 Å². The SMILES string of the molecule is O=c1[nH]cnc(N2C3CCC2CC(Br)C3)c1Br. The Morgan fingerprint density at radius 3 is 2.65 bits per heavy atom. The minimum atomic E-state index is -0.102. The molecule has 2 saturated heterocycles. The van der Waals surface area contributed by atoms with Crippen molar-refractivity contribution >= 4 is 37.7 Å². The summed E-state index contributed by atoms with van der Waals surface area (Å²) in [5, 5.41) is 0. The van der Waals surface area contributed by atoms with Crippen molar-refractivity contribution < 1.29 is 0 Å². The quantitative estimate of drug-likeness (QED) is 0.780. The molecule has 3 rings (SSSR count). The zero-order chi connectivity index (χ0) is 12.0. The van der Waals surface area contributed by atoms with E-state index in [1.807, 2.05) is 0 Å². The Morgan fingerprint density at radius 2 is 2.00 bits per heavy atom. The predicted molar refractivity (Wildman–Crippen MR) is 73.8 cm³/mol. The van der Waals surface area contributed by atoms with Gasteiger partial charge in [-0.1, -0.05) is 15.9 Å². The zero-order valence-corrected chi connectivity index (χ0v) is 12.4. The Kier molecular flexibility index (Phi) is 3.02. The second kappa shape index (κ2) is 4.39. The molecule has 0 spiro atoms. The van der Waals surface area contributed by atoms with Gasteiger partial charge >= 0.3 is 0 Å². The molecule has 2 aliphatic rings. The van der Waals surface area contributed by atoms with Crippen LogP contribution < -0.4 is 10.5 Å². The minimum Gasteiger partial charge on any atom is -0.349 e. The molecular formula is C11H13Br2N3O. The van der Waals surface area contributed by atoms with Crippen LogP contribution in [0, 0.1) is 0 Å². The fourth-order valence-corrected chi connectivity index (χ4v) is 4.29. The van der Waals surface area contributed by atoms with Gasteiger partial charge < -0.3 is 9.88 Å². The summed E-state index contributed by atoms with van der Waals surface area (Å²) in [5.41, 5.74) is -0.102. The average Bonchev–Trinajstić information content (AvgIpc) is 2.55. The van der Waals surface area contributed by atoms with E-state index < -0.39 is 0 Å². The lowest BCUT2D eigenvalue weighted by Crippen LogP contribution is -2.44. The topological polar surface area (TPSA) is 49.0 Å². The lowest BCUT2D eigenvalue weighted by Gasteiger charge is -2.38. The molecule has 92 valence electrons. The molecule has 0 aromatic carbocycles. The zero-order valence-electron chi connectivity index (χ0n) is 9.20. The van der Waals surface area contributed by atoms with Crippen LogP contribution in [0.5, 0.6) is 0 Å². The van der Waals surface area contributed by atoms with E-state index in [1.165, 1.54) is 19.2 Å². The molecule has 6 heteroatoms. The summed E-state index contributed by atoms with van der Waals surface area (Å²) in [6.07, 6.45) is 6.16. The molecule has 3 heterocycles. The van der Waals surface area contributed by atoms with Crippen LogP contribution in [-0.2, 0) is 0 Å². The van der Waals surface area contributed by atoms with E-state index >= 15 is 0 Å². The summed E-state index contributed by atoms with van der Waals surface area (Å²) in [6.45, 7) is 0. The number of rotatable bonds is 1. The Hall–Kier alpha value is -0.360. The molecule has 1 N–H and O–H groups in total. The van der Waals surface area contributed by atoms with Crippen molar-refractivity contribution in [3.63, 3.8) is 0 Å². The van der Waals surface area contributed by atoms with Gasteiger partial charge in [0.25, 0.3) is 5.56 Å². The van der Waals surface area contributed by atoms with Gasteiger partial charge in [0.05, 0.1) is 6.33 Å². The van der Waals surface area contributed by atoms with Crippen molar-refractivity contribution in [2.45, 2.75) is 42.6 Å². The highest BCUT2D eigenvalue weighted by atomic mass is 79.9. The Bertz CT molecular complexity index is 476. The van der Waals surface area contributed by atoms with Gasteiger partial charge in [-0.2, -0.15) is 0 Å². The first kappa shape index (κ1) is 11.7. The molecule has 2 bridgehead atoms. The number of H-pyrrole nitrogens is 1. The predicted octanol–water partition coefficient (Wildman–Crippen LogP) is 2.43. The van der Waals surface area contributed by atoms with E-state index in [4.69, 9.17) is 0 Å². The number of halogens is 2. The van der Waals surface area contributed by atoms with Crippen molar-refractivity contribution in [2.24, 2.45) is 0 Å². The molecular weight excluding hydrogens is 350 g/mol. The molecule has 2 fully saturated rings. The van der Waals surface area contributed by atoms with Crippen LogP contribution in [0.4, 0.5) is 5.82 Å². The van der Waals surface area contributed by atoms with Gasteiger partial charge in [-0.25, -0.2) is 4.98 Å². The standard InChI is InChI=1S/C11H13Br2N3O/c12-6-3-7-1-2-8(4-6)16(7)10-9(13)11(17)15-5-14-10/h5-8H,1-4H2,(H,14,15,17). The third-order valence-electron chi connectivity index (χ3n) is 3.70. The summed E-state index contributed by atoms with van der Waals surface area (Å²) in [6, 6.07) is 1.03. The van der Waals surface area contributed by atoms with Crippen LogP contribution in [0.15, 0.2) is 15.6 Å². The van der Waals surface area contributed by atoms with E-state index in [1.54, 1.807) is 0 Å². The maximum absolute atomic E-state index is 11.6. The number of aromatic amines is 1. The highest BCUT2D eigenvalue weighted by Crippen LogP contribution is 2.41. The van der Waals surface area contributed by atoms with Gasteiger partial charge in [-0.05, 0) is 41.6 Å². The number of hydrogen-bond donors (Lipinski definition) is 1. The van der Waals surface area contributed by atoms with Gasteiger partial charge in [0.2, 0.25) is 0 Å². The lowest BCUT2D eigenvalue weighted by atomic mass is 10.0. The fraction of sp³-hybridized carbons (Fsp3) is 0.636. The van der Waals surface area contributed by atoms with E-state index in [9.17, 15) is 4.79 Å². The first-order valence-electron chi connectivity index (χ1n) is 5.82. The normalized spacial score (nSPS) is 31.9. The summed E-state index contributed by atoms with van der Waals surface area (Å²) in [5.74, 6) is 0.806. The number of aromatic nitrogens is 2. The molecule has 17 heavy (non-hydrogen) atoms. The number of anilines is 1. The maximum atomic E-state index is 11.6. The van der Waals surface area contributed by atoms with Crippen LogP contribution >= 0.6 is 31.9 Å². The second-order valence-electron chi connectivity index (χ2n) is 4.73. The Morgan fingerprint density at radius 1 is 1.35 bits per heavy atom. The number of nitrogens with zero attached hydrogens (tertiary/aromatic N) is 2. The number of fused-ring (bicyclic) bond motifs is 2. The maximum Gasteiger partial charge on any atom is 0.267 e. The van der Waals surface area contributed by atoms with Crippen molar-refractivity contribution in [1.82, 2.24) is 9.97 Å². The molecule has 0 amide bonds. The van der Waals surface area contributed by atoms with E-state index in [0.717, 1.165) is 18.7 Å². The van der Waals surface area contributed by atoms with E-state index in [-0.39, 0.29) is 5.56 Å². The first-order valence-corrected chi connectivity index (χ1v) is 7.53. The molecule has 0 radical (unpaired) electrons. The minimum absolute atomic E-state index is 0.102. The van der Waals surface area contributed by atoms with Crippen LogP contribution in [0.1, 0.15) is 25.7 Å². The monoisotopic (exact) mass is 361 g/mol. The largest absolute Gasteiger partial charge is 0.349 e. The van der Waals surface area contributed by atoms with Gasteiger partial charge in [0.1, 0.15) is 4.47 Å². The van der Waals surface area contributed by atoms with Crippen LogP contribution in [0.25, 0.3) is 0 Å². The number of alkyl halides is 1. The van der Waals surface area contributed by atoms with Crippen molar-refractivity contribution in [1.29, 1.82) is 0 Å². The van der Waals surface area contributed by atoms with E-state index in [0.29, 0.717) is 21.4 Å². The van der Waals surface area contributed by atoms with Gasteiger partial charge in [-0.3, -0.25) is 4.79 Å². The van der Waals surface area contributed by atoms with Crippen LogP contribution in [0.3, 0.4) is 0 Å². The Labute approximate surface area is 116 Å². The molecule has 2 unspecified atom stereocenters. The Balaban J connectivity index is 2.00. The average molecular weight is 363 g/mol. The molecule has 2 aliphatic heterocycles. The van der Waals surface area contributed by atoms with Crippen LogP contribution in [0.2, 0.25) is 0 Å². The lowest BCUT2D eigenvalue weighted by molar-refractivity contribution is 0.478.